The molecule has 3 rings (SSSR count). The second-order valence-electron chi connectivity index (χ2n) is 6.07. The molecule has 3 aliphatic rings. The Morgan fingerprint density at radius 1 is 1.32 bits per heavy atom. The van der Waals surface area contributed by atoms with E-state index in [2.05, 4.69) is 17.5 Å². The van der Waals surface area contributed by atoms with E-state index in [4.69, 9.17) is 0 Å². The van der Waals surface area contributed by atoms with Crippen molar-refractivity contribution in [3.8, 4) is 0 Å². The molecule has 1 saturated heterocycles. The Kier molecular flexibility index (Phi) is 3.58. The van der Waals surface area contributed by atoms with Crippen LogP contribution in [0.5, 0.6) is 0 Å². The molecule has 0 aromatic rings. The smallest absolute Gasteiger partial charge is 0.225 e. The van der Waals surface area contributed by atoms with E-state index in [0.717, 1.165) is 38.6 Å². The molecule has 1 saturated carbocycles. The average Bonchev–Trinajstić information content (AvgIpc) is 3.20. The molecular weight excluding hydrogens is 240 g/mol. The summed E-state index contributed by atoms with van der Waals surface area (Å²) in [6.45, 7) is 1.40. The van der Waals surface area contributed by atoms with Gasteiger partial charge in [-0.2, -0.15) is 0 Å². The predicted octanol–water partition coefficient (Wildman–Crippen LogP) is 1.47. The van der Waals surface area contributed by atoms with Gasteiger partial charge in [-0.1, -0.05) is 12.2 Å². The fraction of sp³-hybridized carbons (Fsp3) is 0.733. The van der Waals surface area contributed by atoms with Crippen LogP contribution in [0.15, 0.2) is 12.2 Å². The van der Waals surface area contributed by atoms with Crippen molar-refractivity contribution in [2.45, 2.75) is 44.6 Å². The third kappa shape index (κ3) is 2.99. The topological polar surface area (TPSA) is 49.4 Å². The molecule has 1 N–H and O–H groups in total. The highest BCUT2D eigenvalue weighted by molar-refractivity contribution is 5.89. The fourth-order valence-corrected chi connectivity index (χ4v) is 3.08. The van der Waals surface area contributed by atoms with E-state index < -0.39 is 0 Å². The van der Waals surface area contributed by atoms with Crippen LogP contribution in [0.1, 0.15) is 38.5 Å². The van der Waals surface area contributed by atoms with Crippen LogP contribution in [-0.4, -0.2) is 35.8 Å². The molecule has 0 spiro atoms. The second kappa shape index (κ2) is 5.35. The van der Waals surface area contributed by atoms with Gasteiger partial charge in [0.1, 0.15) is 0 Å². The standard InChI is InChI=1S/C15H22N2O2/c18-14-8-12(10-17(14)13-6-7-13)15(19)16-9-11-4-2-1-3-5-11/h1-2,11-13H,3-10H2,(H,16,19). The zero-order valence-electron chi connectivity index (χ0n) is 11.3. The molecule has 2 fully saturated rings. The summed E-state index contributed by atoms with van der Waals surface area (Å²) < 4.78 is 0. The van der Waals surface area contributed by atoms with Gasteiger partial charge in [-0.3, -0.25) is 9.59 Å². The summed E-state index contributed by atoms with van der Waals surface area (Å²) in [5.41, 5.74) is 0. The zero-order valence-corrected chi connectivity index (χ0v) is 11.3. The van der Waals surface area contributed by atoms with Gasteiger partial charge in [-0.15, -0.1) is 0 Å². The van der Waals surface area contributed by atoms with Crippen LogP contribution in [0.2, 0.25) is 0 Å². The zero-order chi connectivity index (χ0) is 13.2. The molecule has 2 atom stereocenters. The summed E-state index contributed by atoms with van der Waals surface area (Å²) in [7, 11) is 0. The van der Waals surface area contributed by atoms with E-state index in [9.17, 15) is 9.59 Å². The number of carbonyl (C=O) groups excluding carboxylic acids is 2. The minimum absolute atomic E-state index is 0.0750. The Bertz CT molecular complexity index is 401. The van der Waals surface area contributed by atoms with E-state index in [1.54, 1.807) is 0 Å². The van der Waals surface area contributed by atoms with Crippen molar-refractivity contribution in [3.63, 3.8) is 0 Å². The lowest BCUT2D eigenvalue weighted by Crippen LogP contribution is -2.36. The first-order chi connectivity index (χ1) is 9.24. The SMILES string of the molecule is O=C(NCC1CC=CCC1)C1CC(=O)N(C2CC2)C1. The highest BCUT2D eigenvalue weighted by Gasteiger charge is 2.41. The third-order valence-electron chi connectivity index (χ3n) is 4.46. The van der Waals surface area contributed by atoms with E-state index in [1.165, 1.54) is 0 Å². The minimum atomic E-state index is -0.118. The molecule has 2 amide bonds. The van der Waals surface area contributed by atoms with Crippen molar-refractivity contribution in [2.24, 2.45) is 11.8 Å². The van der Waals surface area contributed by atoms with Crippen LogP contribution in [-0.2, 0) is 9.59 Å². The Labute approximate surface area is 114 Å². The van der Waals surface area contributed by atoms with Crippen molar-refractivity contribution >= 4 is 11.8 Å². The van der Waals surface area contributed by atoms with Crippen molar-refractivity contribution < 1.29 is 9.59 Å². The average molecular weight is 262 g/mol. The summed E-state index contributed by atoms with van der Waals surface area (Å²) in [6.07, 6.45) is 10.4. The largest absolute Gasteiger partial charge is 0.356 e. The Balaban J connectivity index is 1.45. The maximum atomic E-state index is 12.1. The van der Waals surface area contributed by atoms with Gasteiger partial charge in [-0.05, 0) is 38.0 Å². The van der Waals surface area contributed by atoms with Crippen LogP contribution >= 0.6 is 0 Å². The molecular formula is C15H22N2O2. The molecule has 4 heteroatoms. The molecule has 0 bridgehead atoms. The molecule has 0 aromatic heterocycles. The molecule has 2 aliphatic carbocycles. The predicted molar refractivity (Wildman–Crippen MR) is 72.3 cm³/mol. The number of nitrogens with zero attached hydrogens (tertiary/aromatic N) is 1. The summed E-state index contributed by atoms with van der Waals surface area (Å²) >= 11 is 0. The highest BCUT2D eigenvalue weighted by Crippen LogP contribution is 2.32. The van der Waals surface area contributed by atoms with E-state index in [0.29, 0.717) is 24.9 Å². The monoisotopic (exact) mass is 262 g/mol. The Hall–Kier alpha value is -1.32. The van der Waals surface area contributed by atoms with Gasteiger partial charge >= 0.3 is 0 Å². The third-order valence-corrected chi connectivity index (χ3v) is 4.46. The molecule has 4 nitrogen and oxygen atoms in total. The molecule has 1 aliphatic heterocycles. The lowest BCUT2D eigenvalue weighted by molar-refractivity contribution is -0.129. The van der Waals surface area contributed by atoms with E-state index in [1.807, 2.05) is 4.90 Å². The van der Waals surface area contributed by atoms with E-state index >= 15 is 0 Å². The number of amides is 2. The number of hydrogen-bond donors (Lipinski definition) is 1. The molecule has 19 heavy (non-hydrogen) atoms. The van der Waals surface area contributed by atoms with Gasteiger partial charge in [0.15, 0.2) is 0 Å². The first-order valence-corrected chi connectivity index (χ1v) is 7.46. The van der Waals surface area contributed by atoms with Crippen LogP contribution in [0, 0.1) is 11.8 Å². The normalized spacial score (nSPS) is 30.7. The summed E-state index contributed by atoms with van der Waals surface area (Å²) in [5, 5.41) is 3.04. The summed E-state index contributed by atoms with van der Waals surface area (Å²) in [6, 6.07) is 0.439. The van der Waals surface area contributed by atoms with Crippen LogP contribution in [0.4, 0.5) is 0 Å². The number of allylic oxidation sites excluding steroid dienone is 2. The number of nitrogens with one attached hydrogen (secondary N) is 1. The first kappa shape index (κ1) is 12.7. The van der Waals surface area contributed by atoms with Crippen molar-refractivity contribution in [2.75, 3.05) is 13.1 Å². The summed E-state index contributed by atoms with van der Waals surface area (Å²) in [4.78, 5) is 25.8. The van der Waals surface area contributed by atoms with Crippen molar-refractivity contribution in [1.29, 1.82) is 0 Å². The van der Waals surface area contributed by atoms with Crippen molar-refractivity contribution in [1.82, 2.24) is 10.2 Å². The number of carbonyl (C=O) groups is 2. The van der Waals surface area contributed by atoms with Crippen LogP contribution in [0.25, 0.3) is 0 Å². The Morgan fingerprint density at radius 2 is 2.16 bits per heavy atom. The number of hydrogen-bond acceptors (Lipinski definition) is 2. The lowest BCUT2D eigenvalue weighted by atomic mass is 9.94. The van der Waals surface area contributed by atoms with Gasteiger partial charge in [0, 0.05) is 25.6 Å². The minimum Gasteiger partial charge on any atom is -0.356 e. The fourth-order valence-electron chi connectivity index (χ4n) is 3.08. The first-order valence-electron chi connectivity index (χ1n) is 7.46. The number of likely N-dealkylation sites (tertiary alicyclic amines) is 1. The Morgan fingerprint density at radius 3 is 2.84 bits per heavy atom. The molecule has 1 heterocycles. The second-order valence-corrected chi connectivity index (χ2v) is 6.07. The molecule has 0 radical (unpaired) electrons. The van der Waals surface area contributed by atoms with Gasteiger partial charge in [0.25, 0.3) is 0 Å². The van der Waals surface area contributed by atoms with Gasteiger partial charge in [-0.25, -0.2) is 0 Å². The van der Waals surface area contributed by atoms with Crippen LogP contribution in [0.3, 0.4) is 0 Å². The molecule has 2 unspecified atom stereocenters. The summed E-state index contributed by atoms with van der Waals surface area (Å²) in [5.74, 6) is 0.701. The maximum Gasteiger partial charge on any atom is 0.225 e. The van der Waals surface area contributed by atoms with E-state index in [-0.39, 0.29) is 17.7 Å². The van der Waals surface area contributed by atoms with Gasteiger partial charge < -0.3 is 10.2 Å². The number of rotatable bonds is 4. The quantitative estimate of drug-likeness (QED) is 0.780. The lowest BCUT2D eigenvalue weighted by Gasteiger charge is -2.19. The van der Waals surface area contributed by atoms with Crippen molar-refractivity contribution in [3.05, 3.63) is 12.2 Å². The maximum absolute atomic E-state index is 12.1. The highest BCUT2D eigenvalue weighted by atomic mass is 16.2. The van der Waals surface area contributed by atoms with Gasteiger partial charge in [0.05, 0.1) is 5.92 Å². The van der Waals surface area contributed by atoms with Gasteiger partial charge in [0.2, 0.25) is 11.8 Å². The molecule has 104 valence electrons. The van der Waals surface area contributed by atoms with Crippen LogP contribution < -0.4 is 5.32 Å². The molecule has 0 aromatic carbocycles.